The van der Waals surface area contributed by atoms with Crippen molar-refractivity contribution in [3.8, 4) is 11.5 Å². The largest absolute Gasteiger partial charge is 0.457 e. The first-order valence-corrected chi connectivity index (χ1v) is 8.62. The molecule has 134 valence electrons. The highest BCUT2D eigenvalue weighted by atomic mass is 35.5. The summed E-state index contributed by atoms with van der Waals surface area (Å²) in [5.41, 5.74) is 0.684. The molecular weight excluding hydrogens is 336 g/mol. The average molecular weight is 361 g/mol. The van der Waals surface area contributed by atoms with Crippen LogP contribution in [0, 0.1) is 0 Å². The number of halogens is 1. The fourth-order valence-corrected chi connectivity index (χ4v) is 3.08. The molecule has 1 heterocycles. The van der Waals surface area contributed by atoms with Crippen LogP contribution in [0.1, 0.15) is 30.1 Å². The molecular formula is C20H25ClN2O2. The molecule has 1 N–H and O–H groups in total. The standard InChI is InChI=1S/C20H24N2O2.ClH/c1-2-13-22(17-11-12-21-15-17)20(23)16-7-6-10-19(14-16)24-18-8-4-3-5-9-18;/h3-10,14,17,21H,2,11-13,15H2,1H3;1H. The van der Waals surface area contributed by atoms with Gasteiger partial charge < -0.3 is 15.0 Å². The summed E-state index contributed by atoms with van der Waals surface area (Å²) in [4.78, 5) is 15.0. The molecule has 0 bridgehead atoms. The Balaban J connectivity index is 0.00000225. The van der Waals surface area contributed by atoms with E-state index in [1.54, 1.807) is 0 Å². The van der Waals surface area contributed by atoms with Crippen molar-refractivity contribution in [1.82, 2.24) is 10.2 Å². The van der Waals surface area contributed by atoms with Crippen molar-refractivity contribution in [2.45, 2.75) is 25.8 Å². The Morgan fingerprint density at radius 1 is 1.16 bits per heavy atom. The molecule has 1 saturated heterocycles. The van der Waals surface area contributed by atoms with Crippen LogP contribution in [0.3, 0.4) is 0 Å². The molecule has 1 amide bonds. The first kappa shape index (κ1) is 19.3. The minimum Gasteiger partial charge on any atom is -0.457 e. The number of hydrogen-bond donors (Lipinski definition) is 1. The van der Waals surface area contributed by atoms with Gasteiger partial charge in [-0.2, -0.15) is 0 Å². The maximum Gasteiger partial charge on any atom is 0.254 e. The van der Waals surface area contributed by atoms with Gasteiger partial charge in [0.05, 0.1) is 0 Å². The molecule has 1 unspecified atom stereocenters. The second-order valence-electron chi connectivity index (χ2n) is 6.09. The van der Waals surface area contributed by atoms with E-state index in [9.17, 15) is 4.79 Å². The number of hydrogen-bond acceptors (Lipinski definition) is 3. The summed E-state index contributed by atoms with van der Waals surface area (Å²) in [5, 5.41) is 3.34. The first-order chi connectivity index (χ1) is 11.8. The molecule has 25 heavy (non-hydrogen) atoms. The van der Waals surface area contributed by atoms with Gasteiger partial charge in [0, 0.05) is 24.7 Å². The number of carbonyl (C=O) groups is 1. The molecule has 0 spiro atoms. The van der Waals surface area contributed by atoms with Crippen LogP contribution in [-0.4, -0.2) is 36.5 Å². The third-order valence-corrected chi connectivity index (χ3v) is 4.26. The average Bonchev–Trinajstić information content (AvgIpc) is 3.14. The highest BCUT2D eigenvalue weighted by Gasteiger charge is 2.26. The van der Waals surface area contributed by atoms with Crippen LogP contribution in [-0.2, 0) is 0 Å². The Hall–Kier alpha value is -2.04. The van der Waals surface area contributed by atoms with Gasteiger partial charge in [0.2, 0.25) is 0 Å². The number of nitrogens with one attached hydrogen (secondary N) is 1. The van der Waals surface area contributed by atoms with Crippen molar-refractivity contribution >= 4 is 18.3 Å². The van der Waals surface area contributed by atoms with Gasteiger partial charge in [-0.1, -0.05) is 31.2 Å². The van der Waals surface area contributed by atoms with E-state index in [2.05, 4.69) is 12.2 Å². The van der Waals surface area contributed by atoms with Gasteiger partial charge >= 0.3 is 0 Å². The summed E-state index contributed by atoms with van der Waals surface area (Å²) in [5.74, 6) is 1.55. The van der Waals surface area contributed by atoms with Crippen LogP contribution < -0.4 is 10.1 Å². The fourth-order valence-electron chi connectivity index (χ4n) is 3.08. The number of rotatable bonds is 6. The molecule has 2 aromatic rings. The van der Waals surface area contributed by atoms with E-state index >= 15 is 0 Å². The van der Waals surface area contributed by atoms with Crippen LogP contribution in [0.15, 0.2) is 54.6 Å². The number of benzene rings is 2. The van der Waals surface area contributed by atoms with Crippen molar-refractivity contribution in [2.24, 2.45) is 0 Å². The van der Waals surface area contributed by atoms with Gasteiger partial charge in [0.25, 0.3) is 5.91 Å². The van der Waals surface area contributed by atoms with Crippen LogP contribution in [0.5, 0.6) is 11.5 Å². The lowest BCUT2D eigenvalue weighted by Crippen LogP contribution is -2.42. The van der Waals surface area contributed by atoms with Crippen molar-refractivity contribution in [3.05, 3.63) is 60.2 Å². The number of ether oxygens (including phenoxy) is 1. The monoisotopic (exact) mass is 360 g/mol. The summed E-state index contributed by atoms with van der Waals surface area (Å²) >= 11 is 0. The van der Waals surface area contributed by atoms with E-state index in [1.807, 2.05) is 59.5 Å². The van der Waals surface area contributed by atoms with Crippen LogP contribution in [0.4, 0.5) is 0 Å². The zero-order valence-electron chi connectivity index (χ0n) is 14.5. The molecule has 0 aromatic heterocycles. The molecule has 5 heteroatoms. The van der Waals surface area contributed by atoms with Crippen LogP contribution >= 0.6 is 12.4 Å². The zero-order valence-corrected chi connectivity index (χ0v) is 15.3. The highest BCUT2D eigenvalue weighted by Crippen LogP contribution is 2.23. The third kappa shape index (κ3) is 4.97. The summed E-state index contributed by atoms with van der Waals surface area (Å²) in [6, 6.07) is 17.4. The maximum absolute atomic E-state index is 13.0. The predicted molar refractivity (Wildman–Crippen MR) is 103 cm³/mol. The van der Waals surface area contributed by atoms with Gasteiger partial charge in [0.1, 0.15) is 11.5 Å². The van der Waals surface area contributed by atoms with Crippen molar-refractivity contribution < 1.29 is 9.53 Å². The van der Waals surface area contributed by atoms with E-state index in [1.165, 1.54) is 0 Å². The zero-order chi connectivity index (χ0) is 16.8. The lowest BCUT2D eigenvalue weighted by molar-refractivity contribution is 0.0692. The van der Waals surface area contributed by atoms with E-state index < -0.39 is 0 Å². The smallest absolute Gasteiger partial charge is 0.254 e. The minimum atomic E-state index is 0. The molecule has 1 atom stereocenters. The molecule has 0 saturated carbocycles. The molecule has 4 nitrogen and oxygen atoms in total. The van der Waals surface area contributed by atoms with Crippen molar-refractivity contribution in [3.63, 3.8) is 0 Å². The number of nitrogens with zero attached hydrogens (tertiary/aromatic N) is 1. The third-order valence-electron chi connectivity index (χ3n) is 4.26. The normalized spacial score (nSPS) is 16.1. The summed E-state index contributed by atoms with van der Waals surface area (Å²) in [7, 11) is 0. The van der Waals surface area contributed by atoms with Crippen molar-refractivity contribution in [1.29, 1.82) is 0 Å². The van der Waals surface area contributed by atoms with Gasteiger partial charge in [-0.3, -0.25) is 4.79 Å². The van der Waals surface area contributed by atoms with Gasteiger partial charge in [-0.05, 0) is 49.7 Å². The molecule has 0 radical (unpaired) electrons. The highest BCUT2D eigenvalue weighted by molar-refractivity contribution is 5.94. The molecule has 1 fully saturated rings. The van der Waals surface area contributed by atoms with E-state index in [0.29, 0.717) is 11.3 Å². The number of carbonyl (C=O) groups excluding carboxylic acids is 1. The van der Waals surface area contributed by atoms with Crippen LogP contribution in [0.2, 0.25) is 0 Å². The molecule has 0 aliphatic carbocycles. The summed E-state index contributed by atoms with van der Waals surface area (Å²) in [6.45, 7) is 4.76. The predicted octanol–water partition coefficient (Wildman–Crippen LogP) is 4.11. The van der Waals surface area contributed by atoms with Gasteiger partial charge in [-0.25, -0.2) is 0 Å². The maximum atomic E-state index is 13.0. The minimum absolute atomic E-state index is 0. The molecule has 1 aliphatic rings. The Bertz CT molecular complexity index is 672. The lowest BCUT2D eigenvalue weighted by Gasteiger charge is -2.28. The second kappa shape index (κ2) is 9.44. The summed E-state index contributed by atoms with van der Waals surface area (Å²) in [6.07, 6.45) is 1.98. The Labute approximate surface area is 155 Å². The quantitative estimate of drug-likeness (QED) is 0.842. The Morgan fingerprint density at radius 3 is 2.60 bits per heavy atom. The first-order valence-electron chi connectivity index (χ1n) is 8.62. The van der Waals surface area contributed by atoms with Crippen LogP contribution in [0.25, 0.3) is 0 Å². The fraction of sp³-hybridized carbons (Fsp3) is 0.350. The molecule has 2 aromatic carbocycles. The van der Waals surface area contributed by atoms with E-state index in [4.69, 9.17) is 4.74 Å². The topological polar surface area (TPSA) is 41.6 Å². The SMILES string of the molecule is CCCN(C(=O)c1cccc(Oc2ccccc2)c1)C1CCNC1.Cl. The molecule has 1 aliphatic heterocycles. The summed E-state index contributed by atoms with van der Waals surface area (Å²) < 4.78 is 5.85. The van der Waals surface area contributed by atoms with Crippen molar-refractivity contribution in [2.75, 3.05) is 19.6 Å². The lowest BCUT2D eigenvalue weighted by atomic mass is 10.1. The number of amides is 1. The number of para-hydroxylation sites is 1. The van der Waals surface area contributed by atoms with E-state index in [0.717, 1.165) is 38.2 Å². The Kier molecular flexibility index (Phi) is 7.29. The van der Waals surface area contributed by atoms with Gasteiger partial charge in [-0.15, -0.1) is 12.4 Å². The molecule has 3 rings (SSSR count). The second-order valence-corrected chi connectivity index (χ2v) is 6.09. The van der Waals surface area contributed by atoms with Gasteiger partial charge in [0.15, 0.2) is 0 Å². The van der Waals surface area contributed by atoms with E-state index in [-0.39, 0.29) is 24.4 Å². The Morgan fingerprint density at radius 2 is 1.92 bits per heavy atom.